The van der Waals surface area contributed by atoms with Gasteiger partial charge in [0.2, 0.25) is 0 Å². The van der Waals surface area contributed by atoms with E-state index in [0.29, 0.717) is 16.9 Å². The van der Waals surface area contributed by atoms with Crippen molar-refractivity contribution in [3.05, 3.63) is 53.6 Å². The maximum Gasteiger partial charge on any atom is 0.337 e. The van der Waals surface area contributed by atoms with Crippen LogP contribution >= 0.6 is 0 Å². The molecule has 7 heteroatoms. The van der Waals surface area contributed by atoms with Crippen molar-refractivity contribution >= 4 is 34.8 Å². The second-order valence-electron chi connectivity index (χ2n) is 4.80. The Bertz CT molecular complexity index is 778. The van der Waals surface area contributed by atoms with Crippen LogP contribution in [0, 0.1) is 0 Å². The van der Waals surface area contributed by atoms with E-state index < -0.39 is 5.97 Å². The first kappa shape index (κ1) is 16.0. The van der Waals surface area contributed by atoms with Gasteiger partial charge in [-0.25, -0.2) is 9.79 Å². The smallest absolute Gasteiger partial charge is 0.337 e. The van der Waals surface area contributed by atoms with Gasteiger partial charge >= 0.3 is 5.97 Å². The molecule has 0 aliphatic carbocycles. The fraction of sp³-hybridized carbons (Fsp3) is 0.0625. The van der Waals surface area contributed by atoms with Gasteiger partial charge in [-0.3, -0.25) is 4.79 Å². The normalized spacial score (nSPS) is 9.96. The number of ketones is 1. The van der Waals surface area contributed by atoms with E-state index >= 15 is 0 Å². The number of carboxylic acid groups (broad SMARTS) is 1. The quantitative estimate of drug-likeness (QED) is 0.380. The number of Topliss-reactive ketones (excluding diaryl/α,β-unsaturated/α-hetero) is 1. The average molecular weight is 312 g/mol. The van der Waals surface area contributed by atoms with Gasteiger partial charge in [-0.1, -0.05) is 6.07 Å². The summed E-state index contributed by atoms with van der Waals surface area (Å²) in [6, 6.07) is 11.2. The van der Waals surface area contributed by atoms with E-state index in [1.165, 1.54) is 13.0 Å². The van der Waals surface area contributed by atoms with Crippen LogP contribution in [0.25, 0.3) is 0 Å². The largest absolute Gasteiger partial charge is 0.478 e. The minimum Gasteiger partial charge on any atom is -0.478 e. The molecule has 0 saturated carbocycles. The second kappa shape index (κ2) is 6.61. The van der Waals surface area contributed by atoms with Gasteiger partial charge in [0.15, 0.2) is 11.7 Å². The van der Waals surface area contributed by atoms with Crippen molar-refractivity contribution in [3.63, 3.8) is 0 Å². The first-order valence-corrected chi connectivity index (χ1v) is 6.72. The van der Waals surface area contributed by atoms with E-state index in [-0.39, 0.29) is 23.0 Å². The van der Waals surface area contributed by atoms with Gasteiger partial charge in [0, 0.05) is 11.3 Å². The molecule has 0 spiro atoms. The number of para-hydroxylation sites is 1. The second-order valence-corrected chi connectivity index (χ2v) is 4.80. The van der Waals surface area contributed by atoms with Crippen molar-refractivity contribution in [2.45, 2.75) is 6.92 Å². The molecule has 0 atom stereocenters. The standard InChI is InChI=1S/C16H16N4O3/c1-9(21)10-5-7-11(8-6-10)19-14-12(15(22)23)3-2-4-13(14)20-16(17)18/h2-8,19H,1H3,(H,22,23)(H4,17,18,20). The van der Waals surface area contributed by atoms with Crippen LogP contribution in [0.2, 0.25) is 0 Å². The number of guanidine groups is 1. The molecule has 0 bridgehead atoms. The highest BCUT2D eigenvalue weighted by Crippen LogP contribution is 2.32. The fourth-order valence-electron chi connectivity index (χ4n) is 2.01. The number of carbonyl (C=O) groups is 2. The third-order valence-electron chi connectivity index (χ3n) is 3.08. The van der Waals surface area contributed by atoms with E-state index in [4.69, 9.17) is 11.5 Å². The van der Waals surface area contributed by atoms with Gasteiger partial charge < -0.3 is 21.9 Å². The number of aliphatic imine (C=N–C) groups is 1. The molecule has 0 amide bonds. The molecule has 23 heavy (non-hydrogen) atoms. The Hall–Kier alpha value is -3.35. The maximum absolute atomic E-state index is 11.4. The number of nitrogens with zero attached hydrogens (tertiary/aromatic N) is 1. The molecule has 0 fully saturated rings. The highest BCUT2D eigenvalue weighted by molar-refractivity contribution is 6.00. The first-order valence-electron chi connectivity index (χ1n) is 6.72. The molecule has 0 aliphatic rings. The number of nitrogens with two attached hydrogens (primary N) is 2. The SMILES string of the molecule is CC(=O)c1ccc(Nc2c(N=C(N)N)cccc2C(=O)O)cc1. The number of aromatic carboxylic acids is 1. The molecular weight excluding hydrogens is 296 g/mol. The molecule has 2 aromatic rings. The summed E-state index contributed by atoms with van der Waals surface area (Å²) in [5, 5.41) is 12.3. The lowest BCUT2D eigenvalue weighted by Crippen LogP contribution is -2.22. The first-order chi connectivity index (χ1) is 10.9. The van der Waals surface area contributed by atoms with E-state index in [0.717, 1.165) is 0 Å². The summed E-state index contributed by atoms with van der Waals surface area (Å²) in [4.78, 5) is 26.6. The minimum absolute atomic E-state index is 0.0307. The molecule has 0 aliphatic heterocycles. The average Bonchev–Trinajstić information content (AvgIpc) is 2.48. The zero-order valence-corrected chi connectivity index (χ0v) is 12.4. The molecule has 118 valence electrons. The Balaban J connectivity index is 2.46. The minimum atomic E-state index is -1.11. The van der Waals surface area contributed by atoms with Gasteiger partial charge in [-0.05, 0) is 43.3 Å². The number of nitrogens with one attached hydrogen (secondary N) is 1. The number of rotatable bonds is 5. The van der Waals surface area contributed by atoms with Crippen LogP contribution in [0.15, 0.2) is 47.5 Å². The van der Waals surface area contributed by atoms with Crippen LogP contribution < -0.4 is 16.8 Å². The number of carbonyl (C=O) groups excluding carboxylic acids is 1. The summed E-state index contributed by atoms with van der Waals surface area (Å²) < 4.78 is 0. The number of hydrogen-bond acceptors (Lipinski definition) is 4. The molecule has 2 aromatic carbocycles. The summed E-state index contributed by atoms with van der Waals surface area (Å²) in [5.41, 5.74) is 12.5. The number of hydrogen-bond donors (Lipinski definition) is 4. The monoisotopic (exact) mass is 312 g/mol. The Kier molecular flexibility index (Phi) is 4.61. The Morgan fingerprint density at radius 1 is 1.09 bits per heavy atom. The summed E-state index contributed by atoms with van der Waals surface area (Å²) in [6.45, 7) is 1.47. The molecule has 0 aromatic heterocycles. The van der Waals surface area contributed by atoms with Crippen molar-refractivity contribution in [2.75, 3.05) is 5.32 Å². The van der Waals surface area contributed by atoms with Crippen molar-refractivity contribution in [1.29, 1.82) is 0 Å². The zero-order chi connectivity index (χ0) is 17.0. The van der Waals surface area contributed by atoms with Crippen molar-refractivity contribution in [1.82, 2.24) is 0 Å². The molecule has 6 N–H and O–H groups in total. The molecule has 0 saturated heterocycles. The molecule has 0 unspecified atom stereocenters. The van der Waals surface area contributed by atoms with Crippen LogP contribution in [0.5, 0.6) is 0 Å². The zero-order valence-electron chi connectivity index (χ0n) is 12.4. The number of anilines is 2. The topological polar surface area (TPSA) is 131 Å². The van der Waals surface area contributed by atoms with Gasteiger partial charge in [0.25, 0.3) is 0 Å². The lowest BCUT2D eigenvalue weighted by molar-refractivity contribution is 0.0697. The van der Waals surface area contributed by atoms with Crippen LogP contribution in [0.3, 0.4) is 0 Å². The highest BCUT2D eigenvalue weighted by atomic mass is 16.4. The van der Waals surface area contributed by atoms with Crippen molar-refractivity contribution < 1.29 is 14.7 Å². The van der Waals surface area contributed by atoms with Crippen LogP contribution in [0.1, 0.15) is 27.6 Å². The van der Waals surface area contributed by atoms with Gasteiger partial charge in [0.1, 0.15) is 0 Å². The van der Waals surface area contributed by atoms with Gasteiger partial charge in [-0.15, -0.1) is 0 Å². The summed E-state index contributed by atoms with van der Waals surface area (Å²) in [5.74, 6) is -1.34. The number of benzene rings is 2. The third-order valence-corrected chi connectivity index (χ3v) is 3.08. The van der Waals surface area contributed by atoms with E-state index in [9.17, 15) is 14.7 Å². The van der Waals surface area contributed by atoms with Gasteiger partial charge in [0.05, 0.1) is 16.9 Å². The molecule has 0 heterocycles. The summed E-state index contributed by atoms with van der Waals surface area (Å²) in [6.07, 6.45) is 0. The van der Waals surface area contributed by atoms with Crippen LogP contribution in [0.4, 0.5) is 17.1 Å². The Morgan fingerprint density at radius 3 is 2.26 bits per heavy atom. The van der Waals surface area contributed by atoms with E-state index in [1.807, 2.05) is 0 Å². The summed E-state index contributed by atoms with van der Waals surface area (Å²) in [7, 11) is 0. The lowest BCUT2D eigenvalue weighted by Gasteiger charge is -2.13. The predicted octanol–water partition coefficient (Wildman–Crippen LogP) is 2.24. The Labute approximate surface area is 132 Å². The molecule has 0 radical (unpaired) electrons. The molecule has 7 nitrogen and oxygen atoms in total. The maximum atomic E-state index is 11.4. The van der Waals surface area contributed by atoms with E-state index in [1.54, 1.807) is 36.4 Å². The fourth-order valence-corrected chi connectivity index (χ4v) is 2.01. The highest BCUT2D eigenvalue weighted by Gasteiger charge is 2.14. The third kappa shape index (κ3) is 3.85. The van der Waals surface area contributed by atoms with Gasteiger partial charge in [-0.2, -0.15) is 0 Å². The van der Waals surface area contributed by atoms with Crippen LogP contribution in [-0.2, 0) is 0 Å². The Morgan fingerprint density at radius 2 is 1.74 bits per heavy atom. The lowest BCUT2D eigenvalue weighted by atomic mass is 10.1. The van der Waals surface area contributed by atoms with Crippen molar-refractivity contribution in [2.24, 2.45) is 16.5 Å². The van der Waals surface area contributed by atoms with Crippen molar-refractivity contribution in [3.8, 4) is 0 Å². The molecular formula is C16H16N4O3. The predicted molar refractivity (Wildman–Crippen MR) is 88.6 cm³/mol. The number of carboxylic acids is 1. The van der Waals surface area contributed by atoms with Crippen LogP contribution in [-0.4, -0.2) is 22.8 Å². The van der Waals surface area contributed by atoms with E-state index in [2.05, 4.69) is 10.3 Å². The summed E-state index contributed by atoms with van der Waals surface area (Å²) >= 11 is 0. The molecule has 2 rings (SSSR count).